The summed E-state index contributed by atoms with van der Waals surface area (Å²) >= 11 is 5.75. The number of hydrogen-bond donors (Lipinski definition) is 1. The molecule has 1 aromatic rings. The smallest absolute Gasteiger partial charge is 0.149 e. The zero-order chi connectivity index (χ0) is 12.0. The van der Waals surface area contributed by atoms with Gasteiger partial charge in [-0.2, -0.15) is 0 Å². The molecule has 0 aliphatic rings. The van der Waals surface area contributed by atoms with Gasteiger partial charge >= 0.3 is 0 Å². The predicted molar refractivity (Wildman–Crippen MR) is 61.0 cm³/mol. The van der Waals surface area contributed by atoms with E-state index in [2.05, 4.69) is 11.8 Å². The fourth-order valence-corrected chi connectivity index (χ4v) is 1.15. The van der Waals surface area contributed by atoms with Gasteiger partial charge in [0.25, 0.3) is 0 Å². The van der Waals surface area contributed by atoms with E-state index in [1.54, 1.807) is 7.11 Å². The van der Waals surface area contributed by atoms with Crippen molar-refractivity contribution < 1.29 is 13.9 Å². The monoisotopic (exact) mass is 243 g/mol. The van der Waals surface area contributed by atoms with Gasteiger partial charge in [0, 0.05) is 13.2 Å². The molecule has 16 heavy (non-hydrogen) atoms. The second kappa shape index (κ2) is 6.21. The van der Waals surface area contributed by atoms with Gasteiger partial charge in [-0.25, -0.2) is 4.39 Å². The first-order chi connectivity index (χ1) is 7.65. The molecule has 5 heteroatoms. The van der Waals surface area contributed by atoms with Crippen molar-refractivity contribution in [2.75, 3.05) is 26.1 Å². The summed E-state index contributed by atoms with van der Waals surface area (Å²) in [6, 6.07) is 2.43. The Balaban J connectivity index is 2.62. The minimum absolute atomic E-state index is 0.00995. The van der Waals surface area contributed by atoms with E-state index >= 15 is 0 Å². The number of halogens is 2. The molecule has 0 aliphatic carbocycles. The van der Waals surface area contributed by atoms with Crippen molar-refractivity contribution in [3.63, 3.8) is 0 Å². The maximum absolute atomic E-state index is 12.9. The first-order valence-corrected chi connectivity index (χ1v) is 4.85. The first-order valence-electron chi connectivity index (χ1n) is 4.47. The van der Waals surface area contributed by atoms with Gasteiger partial charge in [-0.05, 0) is 6.07 Å². The van der Waals surface area contributed by atoms with Crippen molar-refractivity contribution in [3.8, 4) is 17.6 Å². The lowest BCUT2D eigenvalue weighted by Crippen LogP contribution is -1.98. The number of ether oxygens (including phenoxy) is 2. The Morgan fingerprint density at radius 3 is 2.75 bits per heavy atom. The number of nitrogens with two attached hydrogens (primary N) is 1. The molecule has 0 aliphatic heterocycles. The summed E-state index contributed by atoms with van der Waals surface area (Å²) in [6.45, 7) is 0.483. The molecule has 2 N–H and O–H groups in total. The molecule has 0 fully saturated rings. The maximum Gasteiger partial charge on any atom is 0.149 e. The van der Waals surface area contributed by atoms with E-state index in [9.17, 15) is 4.39 Å². The molecule has 0 aromatic heterocycles. The van der Waals surface area contributed by atoms with Gasteiger partial charge in [0.15, 0.2) is 0 Å². The lowest BCUT2D eigenvalue weighted by molar-refractivity contribution is 0.239. The van der Waals surface area contributed by atoms with E-state index in [0.717, 1.165) is 6.07 Å². The molecule has 0 radical (unpaired) electrons. The molecule has 0 amide bonds. The average Bonchev–Trinajstić information content (AvgIpc) is 2.25. The van der Waals surface area contributed by atoms with E-state index in [-0.39, 0.29) is 17.3 Å². The van der Waals surface area contributed by atoms with Crippen LogP contribution in [0.3, 0.4) is 0 Å². The Morgan fingerprint density at radius 1 is 1.38 bits per heavy atom. The lowest BCUT2D eigenvalue weighted by Gasteiger charge is -2.06. The molecule has 0 heterocycles. The highest BCUT2D eigenvalue weighted by molar-refractivity contribution is 6.32. The minimum Gasteiger partial charge on any atom is -0.479 e. The Labute approximate surface area is 98.3 Å². The van der Waals surface area contributed by atoms with Crippen LogP contribution < -0.4 is 10.5 Å². The number of anilines is 1. The van der Waals surface area contributed by atoms with Gasteiger partial charge in [-0.1, -0.05) is 23.4 Å². The minimum atomic E-state index is -0.567. The average molecular weight is 244 g/mol. The summed E-state index contributed by atoms with van der Waals surface area (Å²) in [4.78, 5) is 0. The van der Waals surface area contributed by atoms with Crippen LogP contribution in [0.4, 0.5) is 10.1 Å². The molecule has 0 unspecified atom stereocenters. The highest BCUT2D eigenvalue weighted by Gasteiger charge is 2.06. The van der Waals surface area contributed by atoms with Gasteiger partial charge in [-0.3, -0.25) is 0 Å². The third kappa shape index (κ3) is 3.61. The molecule has 86 valence electrons. The van der Waals surface area contributed by atoms with Crippen molar-refractivity contribution in [2.24, 2.45) is 0 Å². The lowest BCUT2D eigenvalue weighted by atomic mass is 10.3. The Morgan fingerprint density at radius 2 is 2.06 bits per heavy atom. The van der Waals surface area contributed by atoms with Crippen LogP contribution in [0.25, 0.3) is 0 Å². The third-order valence-corrected chi connectivity index (χ3v) is 1.99. The molecule has 3 nitrogen and oxygen atoms in total. The van der Waals surface area contributed by atoms with Crippen LogP contribution in [0.1, 0.15) is 0 Å². The third-order valence-electron chi connectivity index (χ3n) is 1.69. The maximum atomic E-state index is 12.9. The molecule has 0 atom stereocenters. The van der Waals surface area contributed by atoms with Crippen LogP contribution in [0.15, 0.2) is 12.1 Å². The topological polar surface area (TPSA) is 44.5 Å². The zero-order valence-corrected chi connectivity index (χ0v) is 9.47. The van der Waals surface area contributed by atoms with E-state index in [0.29, 0.717) is 12.4 Å². The van der Waals surface area contributed by atoms with E-state index in [1.807, 2.05) is 0 Å². The number of methoxy groups -OCH3 is 1. The summed E-state index contributed by atoms with van der Waals surface area (Å²) in [5.74, 6) is 5.16. The molecular weight excluding hydrogens is 233 g/mol. The molecule has 1 aromatic carbocycles. The van der Waals surface area contributed by atoms with Gasteiger partial charge in [0.2, 0.25) is 0 Å². The second-order valence-electron chi connectivity index (χ2n) is 2.88. The van der Waals surface area contributed by atoms with Gasteiger partial charge in [-0.15, -0.1) is 0 Å². The van der Waals surface area contributed by atoms with Crippen LogP contribution in [0, 0.1) is 17.7 Å². The molecular formula is C11H11ClFNO2. The van der Waals surface area contributed by atoms with Crippen molar-refractivity contribution in [1.82, 2.24) is 0 Å². The summed E-state index contributed by atoms with van der Waals surface area (Å²) in [5.41, 5.74) is 5.36. The molecule has 1 rings (SSSR count). The van der Waals surface area contributed by atoms with Gasteiger partial charge in [0.1, 0.15) is 24.8 Å². The second-order valence-corrected chi connectivity index (χ2v) is 3.29. The SMILES string of the molecule is COCC#CCOc1cc(N)c(F)cc1Cl. The van der Waals surface area contributed by atoms with Crippen LogP contribution in [-0.2, 0) is 4.74 Å². The van der Waals surface area contributed by atoms with Crippen LogP contribution in [0.5, 0.6) is 5.75 Å². The first kappa shape index (κ1) is 12.6. The summed E-state index contributed by atoms with van der Waals surface area (Å²) in [5, 5.41) is 0.167. The van der Waals surface area contributed by atoms with E-state index in [1.165, 1.54) is 6.07 Å². The quantitative estimate of drug-likeness (QED) is 0.653. The van der Waals surface area contributed by atoms with E-state index in [4.69, 9.17) is 26.8 Å². The highest BCUT2D eigenvalue weighted by Crippen LogP contribution is 2.28. The van der Waals surface area contributed by atoms with Gasteiger partial charge in [0.05, 0.1) is 10.7 Å². The van der Waals surface area contributed by atoms with Crippen LogP contribution >= 0.6 is 11.6 Å². The molecule has 0 saturated heterocycles. The molecule has 0 spiro atoms. The van der Waals surface area contributed by atoms with Crippen molar-refractivity contribution in [1.29, 1.82) is 0 Å². The van der Waals surface area contributed by atoms with Crippen LogP contribution in [-0.4, -0.2) is 20.3 Å². The molecule has 0 bridgehead atoms. The number of nitrogen functional groups attached to an aromatic ring is 1. The van der Waals surface area contributed by atoms with Crippen molar-refractivity contribution >= 4 is 17.3 Å². The normalized spacial score (nSPS) is 9.44. The molecule has 0 saturated carbocycles. The fraction of sp³-hybridized carbons (Fsp3) is 0.273. The predicted octanol–water partition coefficient (Wildman–Crippen LogP) is 2.09. The summed E-state index contributed by atoms with van der Waals surface area (Å²) in [6.07, 6.45) is 0. The standard InChI is InChI=1S/C11H11ClFNO2/c1-15-4-2-3-5-16-11-7-10(14)9(13)6-8(11)12/h6-7H,4-5,14H2,1H3. The Bertz CT molecular complexity index is 426. The van der Waals surface area contributed by atoms with Crippen molar-refractivity contribution in [3.05, 3.63) is 23.0 Å². The van der Waals surface area contributed by atoms with Crippen LogP contribution in [0.2, 0.25) is 5.02 Å². The summed E-state index contributed by atoms with van der Waals surface area (Å²) < 4.78 is 22.9. The number of benzene rings is 1. The largest absolute Gasteiger partial charge is 0.479 e. The zero-order valence-electron chi connectivity index (χ0n) is 8.72. The Hall–Kier alpha value is -1.44. The fourth-order valence-electron chi connectivity index (χ4n) is 0.944. The number of rotatable bonds is 3. The summed E-state index contributed by atoms with van der Waals surface area (Å²) in [7, 11) is 1.55. The van der Waals surface area contributed by atoms with Crippen molar-refractivity contribution in [2.45, 2.75) is 0 Å². The Kier molecular flexibility index (Phi) is 4.90. The number of hydrogen-bond acceptors (Lipinski definition) is 3. The highest BCUT2D eigenvalue weighted by atomic mass is 35.5. The van der Waals surface area contributed by atoms with Gasteiger partial charge < -0.3 is 15.2 Å². The van der Waals surface area contributed by atoms with E-state index < -0.39 is 5.82 Å².